The van der Waals surface area contributed by atoms with Crippen molar-refractivity contribution in [1.82, 2.24) is 10.2 Å². The second-order valence-electron chi connectivity index (χ2n) is 8.06. The number of nitrogens with zero attached hydrogens (tertiary/aromatic N) is 1. The molecule has 1 unspecified atom stereocenters. The van der Waals surface area contributed by atoms with Crippen LogP contribution in [0.3, 0.4) is 0 Å². The lowest BCUT2D eigenvalue weighted by Crippen LogP contribution is -2.34. The molecule has 3 rings (SSSR count). The van der Waals surface area contributed by atoms with Gasteiger partial charge in [0.25, 0.3) is 11.8 Å². The summed E-state index contributed by atoms with van der Waals surface area (Å²) in [6.45, 7) is 5.67. The summed E-state index contributed by atoms with van der Waals surface area (Å²) in [5.74, 6) is 0.398. The smallest absolute Gasteiger partial charge is 0.257 e. The third-order valence-electron chi connectivity index (χ3n) is 5.52. The molecule has 2 amide bonds. The SMILES string of the molecule is CCC(C)Oc1cccc(C(=O)NC(=S)Nc2ccc(C(=O)N3CCCCCC3)cc2)c1. The van der Waals surface area contributed by atoms with Crippen LogP contribution in [0.15, 0.2) is 48.5 Å². The van der Waals surface area contributed by atoms with Gasteiger partial charge in [0, 0.05) is 29.9 Å². The Balaban J connectivity index is 1.55. The molecule has 7 heteroatoms. The maximum atomic E-state index is 12.7. The van der Waals surface area contributed by atoms with E-state index < -0.39 is 0 Å². The van der Waals surface area contributed by atoms with E-state index in [1.165, 1.54) is 12.8 Å². The van der Waals surface area contributed by atoms with Crippen LogP contribution in [0.5, 0.6) is 5.75 Å². The number of ether oxygens (including phenoxy) is 1. The van der Waals surface area contributed by atoms with Crippen LogP contribution in [0, 0.1) is 0 Å². The Bertz CT molecular complexity index is 938. The van der Waals surface area contributed by atoms with E-state index in [1.807, 2.05) is 24.8 Å². The van der Waals surface area contributed by atoms with E-state index in [1.54, 1.807) is 42.5 Å². The molecule has 1 aliphatic heterocycles. The Kier molecular flexibility index (Phi) is 8.62. The number of anilines is 1. The van der Waals surface area contributed by atoms with Crippen molar-refractivity contribution in [1.29, 1.82) is 0 Å². The number of nitrogens with one attached hydrogen (secondary N) is 2. The van der Waals surface area contributed by atoms with Gasteiger partial charge in [-0.15, -0.1) is 0 Å². The zero-order valence-corrected chi connectivity index (χ0v) is 19.5. The Morgan fingerprint density at radius 1 is 1.03 bits per heavy atom. The number of likely N-dealkylation sites (tertiary alicyclic amines) is 1. The van der Waals surface area contributed by atoms with Crippen molar-refractivity contribution >= 4 is 34.8 Å². The molecule has 2 N–H and O–H groups in total. The van der Waals surface area contributed by atoms with E-state index in [0.29, 0.717) is 22.6 Å². The minimum Gasteiger partial charge on any atom is -0.491 e. The Morgan fingerprint density at radius 3 is 2.38 bits per heavy atom. The minimum absolute atomic E-state index is 0.0637. The number of carbonyl (C=O) groups is 2. The molecule has 1 fully saturated rings. The maximum absolute atomic E-state index is 12.7. The number of amides is 2. The van der Waals surface area contributed by atoms with Crippen LogP contribution >= 0.6 is 12.2 Å². The lowest BCUT2D eigenvalue weighted by molar-refractivity contribution is 0.0761. The largest absolute Gasteiger partial charge is 0.491 e. The van der Waals surface area contributed by atoms with Crippen molar-refractivity contribution in [3.8, 4) is 5.75 Å². The molecule has 2 aromatic rings. The molecule has 1 atom stereocenters. The molecule has 2 aromatic carbocycles. The van der Waals surface area contributed by atoms with Crippen molar-refractivity contribution in [3.63, 3.8) is 0 Å². The van der Waals surface area contributed by atoms with E-state index >= 15 is 0 Å². The van der Waals surface area contributed by atoms with E-state index in [2.05, 4.69) is 10.6 Å². The van der Waals surface area contributed by atoms with E-state index in [4.69, 9.17) is 17.0 Å². The Morgan fingerprint density at radius 2 is 1.72 bits per heavy atom. The zero-order valence-electron chi connectivity index (χ0n) is 18.7. The molecule has 0 aromatic heterocycles. The quantitative estimate of drug-likeness (QED) is 0.602. The number of benzene rings is 2. The lowest BCUT2D eigenvalue weighted by Gasteiger charge is -2.20. The average Bonchev–Trinajstić information content (AvgIpc) is 3.09. The van der Waals surface area contributed by atoms with Crippen LogP contribution in [0.4, 0.5) is 5.69 Å². The number of carbonyl (C=O) groups excluding carboxylic acids is 2. The van der Waals surface area contributed by atoms with Crippen LogP contribution in [0.25, 0.3) is 0 Å². The van der Waals surface area contributed by atoms with Crippen LogP contribution in [-0.2, 0) is 0 Å². The highest BCUT2D eigenvalue weighted by atomic mass is 32.1. The Labute approximate surface area is 195 Å². The lowest BCUT2D eigenvalue weighted by atomic mass is 10.1. The molecule has 6 nitrogen and oxygen atoms in total. The number of hydrogen-bond acceptors (Lipinski definition) is 4. The van der Waals surface area contributed by atoms with E-state index in [9.17, 15) is 9.59 Å². The van der Waals surface area contributed by atoms with Gasteiger partial charge in [-0.1, -0.05) is 25.8 Å². The maximum Gasteiger partial charge on any atom is 0.257 e. The molecule has 0 bridgehead atoms. The van der Waals surface area contributed by atoms with Crippen molar-refractivity contribution in [2.45, 2.75) is 52.1 Å². The van der Waals surface area contributed by atoms with Gasteiger partial charge in [-0.05, 0) is 80.9 Å². The molecule has 1 saturated heterocycles. The second-order valence-corrected chi connectivity index (χ2v) is 8.46. The number of rotatable bonds is 6. The normalized spacial score (nSPS) is 14.8. The molecule has 1 aliphatic rings. The molecule has 0 saturated carbocycles. The van der Waals surface area contributed by atoms with Gasteiger partial charge < -0.3 is 15.0 Å². The predicted octanol–water partition coefficient (Wildman–Crippen LogP) is 5.01. The Hall–Kier alpha value is -2.93. The molecule has 1 heterocycles. The van der Waals surface area contributed by atoms with Crippen molar-refractivity contribution in [2.75, 3.05) is 18.4 Å². The summed E-state index contributed by atoms with van der Waals surface area (Å²) >= 11 is 5.29. The van der Waals surface area contributed by atoms with Gasteiger partial charge in [0.1, 0.15) is 5.75 Å². The number of hydrogen-bond donors (Lipinski definition) is 2. The second kappa shape index (κ2) is 11.6. The first-order chi connectivity index (χ1) is 15.5. The van der Waals surface area contributed by atoms with E-state index in [0.717, 1.165) is 32.4 Å². The van der Waals surface area contributed by atoms with Crippen LogP contribution in [0.1, 0.15) is 66.7 Å². The third-order valence-corrected chi connectivity index (χ3v) is 5.72. The molecule has 0 spiro atoms. The molecule has 32 heavy (non-hydrogen) atoms. The summed E-state index contributed by atoms with van der Waals surface area (Å²) in [7, 11) is 0. The van der Waals surface area contributed by atoms with E-state index in [-0.39, 0.29) is 23.0 Å². The van der Waals surface area contributed by atoms with Gasteiger partial charge >= 0.3 is 0 Å². The molecule has 170 valence electrons. The molecule has 0 aliphatic carbocycles. The summed E-state index contributed by atoms with van der Waals surface area (Å²) < 4.78 is 5.78. The zero-order chi connectivity index (χ0) is 22.9. The number of thiocarbonyl (C=S) groups is 1. The standard InChI is InChI=1S/C25H31N3O3S/c1-3-18(2)31-22-10-8-9-20(17-22)23(29)27-25(32)26-21-13-11-19(12-14-21)24(30)28-15-6-4-5-7-16-28/h8-14,17-18H,3-7,15-16H2,1-2H3,(H2,26,27,29,32). The van der Waals surface area contributed by atoms with Crippen LogP contribution in [0.2, 0.25) is 0 Å². The fraction of sp³-hybridized carbons (Fsp3) is 0.400. The summed E-state index contributed by atoms with van der Waals surface area (Å²) in [4.78, 5) is 27.2. The first-order valence-electron chi connectivity index (χ1n) is 11.2. The summed E-state index contributed by atoms with van der Waals surface area (Å²) in [6.07, 6.45) is 5.45. The van der Waals surface area contributed by atoms with Crippen LogP contribution < -0.4 is 15.4 Å². The summed E-state index contributed by atoms with van der Waals surface area (Å²) in [5, 5.41) is 5.87. The fourth-order valence-corrected chi connectivity index (χ4v) is 3.73. The first-order valence-corrected chi connectivity index (χ1v) is 11.7. The molecule has 0 radical (unpaired) electrons. The highest BCUT2D eigenvalue weighted by molar-refractivity contribution is 7.80. The van der Waals surface area contributed by atoms with Crippen molar-refractivity contribution < 1.29 is 14.3 Å². The minimum atomic E-state index is -0.315. The average molecular weight is 454 g/mol. The van der Waals surface area contributed by atoms with Gasteiger partial charge in [0.2, 0.25) is 0 Å². The van der Waals surface area contributed by atoms with Gasteiger partial charge in [-0.25, -0.2) is 0 Å². The monoisotopic (exact) mass is 453 g/mol. The molecular formula is C25H31N3O3S. The highest BCUT2D eigenvalue weighted by Gasteiger charge is 2.17. The first kappa shape index (κ1) is 23.7. The van der Waals surface area contributed by atoms with Crippen molar-refractivity contribution in [3.05, 3.63) is 59.7 Å². The van der Waals surface area contributed by atoms with Gasteiger partial charge in [0.15, 0.2) is 5.11 Å². The topological polar surface area (TPSA) is 70.7 Å². The van der Waals surface area contributed by atoms with Gasteiger partial charge in [-0.2, -0.15) is 0 Å². The van der Waals surface area contributed by atoms with Crippen molar-refractivity contribution in [2.24, 2.45) is 0 Å². The predicted molar refractivity (Wildman–Crippen MR) is 131 cm³/mol. The third kappa shape index (κ3) is 6.79. The van der Waals surface area contributed by atoms with Gasteiger partial charge in [-0.3, -0.25) is 14.9 Å². The molecular weight excluding hydrogens is 422 g/mol. The highest BCUT2D eigenvalue weighted by Crippen LogP contribution is 2.17. The van der Waals surface area contributed by atoms with Gasteiger partial charge in [0.05, 0.1) is 6.10 Å². The summed E-state index contributed by atoms with van der Waals surface area (Å²) in [6, 6.07) is 14.2. The van der Waals surface area contributed by atoms with Crippen LogP contribution in [-0.4, -0.2) is 41.0 Å². The summed E-state index contributed by atoms with van der Waals surface area (Å²) in [5.41, 5.74) is 1.83. The fourth-order valence-electron chi connectivity index (χ4n) is 3.52.